The summed E-state index contributed by atoms with van der Waals surface area (Å²) in [6, 6.07) is 3.42. The summed E-state index contributed by atoms with van der Waals surface area (Å²) in [6.07, 6.45) is 0.523. The van der Waals surface area contributed by atoms with Crippen molar-refractivity contribution in [2.24, 2.45) is 0 Å². The quantitative estimate of drug-likeness (QED) is 0.775. The van der Waals surface area contributed by atoms with Crippen molar-refractivity contribution in [2.45, 2.75) is 6.42 Å². The van der Waals surface area contributed by atoms with E-state index in [4.69, 9.17) is 16.3 Å². The molecule has 1 N–H and O–H groups in total. The summed E-state index contributed by atoms with van der Waals surface area (Å²) in [4.78, 5) is 11.5. The molecule has 0 aromatic heterocycles. The number of rotatable bonds is 1. The van der Waals surface area contributed by atoms with Gasteiger partial charge in [0, 0.05) is 30.3 Å². The van der Waals surface area contributed by atoms with Crippen LogP contribution in [0.25, 0.3) is 0 Å². The Morgan fingerprint density at radius 3 is 3.00 bits per heavy atom. The first-order chi connectivity index (χ1) is 6.72. The van der Waals surface area contributed by atoms with Gasteiger partial charge in [-0.05, 0) is 6.07 Å². The zero-order chi connectivity index (χ0) is 10.1. The van der Waals surface area contributed by atoms with Crippen molar-refractivity contribution in [3.8, 4) is 5.75 Å². The molecule has 0 aliphatic carbocycles. The number of anilines is 1. The van der Waals surface area contributed by atoms with Gasteiger partial charge in [-0.1, -0.05) is 11.6 Å². The Kier molecular flexibility index (Phi) is 2.33. The molecule has 4 heteroatoms. The molecule has 14 heavy (non-hydrogen) atoms. The summed E-state index contributed by atoms with van der Waals surface area (Å²) in [5.41, 5.74) is 1.46. The fourth-order valence-corrected chi connectivity index (χ4v) is 1.77. The minimum atomic E-state index is 0.128. The Bertz CT molecular complexity index is 390. The van der Waals surface area contributed by atoms with Crippen LogP contribution in [0, 0.1) is 0 Å². The molecule has 1 aromatic rings. The number of fused-ring (bicyclic) bond motifs is 1. The van der Waals surface area contributed by atoms with Crippen LogP contribution in [0.5, 0.6) is 5.75 Å². The largest absolute Gasteiger partial charge is 0.495 e. The van der Waals surface area contributed by atoms with E-state index in [9.17, 15) is 4.79 Å². The van der Waals surface area contributed by atoms with E-state index in [0.717, 1.165) is 5.69 Å². The number of ether oxygens (including phenoxy) is 1. The van der Waals surface area contributed by atoms with Crippen molar-refractivity contribution in [3.05, 3.63) is 22.7 Å². The zero-order valence-electron chi connectivity index (χ0n) is 7.76. The van der Waals surface area contributed by atoms with Gasteiger partial charge >= 0.3 is 0 Å². The third-order valence-corrected chi connectivity index (χ3v) is 2.56. The smallest absolute Gasteiger partial charge is 0.166 e. The lowest BCUT2D eigenvalue weighted by atomic mass is 10.0. The molecule has 1 aliphatic rings. The Balaban J connectivity index is 2.54. The summed E-state index contributed by atoms with van der Waals surface area (Å²) >= 11 is 5.92. The zero-order valence-corrected chi connectivity index (χ0v) is 8.52. The normalized spacial score (nSPS) is 14.6. The summed E-state index contributed by atoms with van der Waals surface area (Å²) in [5, 5.41) is 3.61. The van der Waals surface area contributed by atoms with E-state index in [0.29, 0.717) is 29.3 Å². The molecule has 1 heterocycles. The molecule has 0 bridgehead atoms. The fourth-order valence-electron chi connectivity index (χ4n) is 1.53. The maximum Gasteiger partial charge on any atom is 0.166 e. The number of halogens is 1. The van der Waals surface area contributed by atoms with E-state index in [1.807, 2.05) is 0 Å². The molecule has 0 atom stereocenters. The molecule has 3 nitrogen and oxygen atoms in total. The first-order valence-corrected chi connectivity index (χ1v) is 4.75. The Morgan fingerprint density at radius 1 is 1.50 bits per heavy atom. The lowest BCUT2D eigenvalue weighted by molar-refractivity contribution is 0.0983. The number of nitrogens with one attached hydrogen (secondary N) is 1. The molecule has 0 unspecified atom stereocenters. The average Bonchev–Trinajstić information content (AvgIpc) is 2.19. The topological polar surface area (TPSA) is 38.3 Å². The number of ketones is 1. The molecular weight excluding hydrogens is 202 g/mol. The molecule has 0 amide bonds. The number of hydrogen-bond acceptors (Lipinski definition) is 3. The SMILES string of the molecule is COc1cc2c(cc1Cl)C(=O)CCN2. The van der Waals surface area contributed by atoms with Crippen molar-refractivity contribution in [1.29, 1.82) is 0 Å². The van der Waals surface area contributed by atoms with Crippen LogP contribution in [0.2, 0.25) is 5.02 Å². The van der Waals surface area contributed by atoms with Crippen molar-refractivity contribution in [2.75, 3.05) is 19.0 Å². The van der Waals surface area contributed by atoms with Gasteiger partial charge in [-0.3, -0.25) is 4.79 Å². The van der Waals surface area contributed by atoms with Crippen LogP contribution in [-0.4, -0.2) is 19.4 Å². The molecule has 1 aromatic carbocycles. The number of Topliss-reactive ketones (excluding diaryl/α,β-unsaturated/α-hetero) is 1. The summed E-state index contributed by atoms with van der Waals surface area (Å²) < 4.78 is 5.06. The first-order valence-electron chi connectivity index (χ1n) is 4.37. The van der Waals surface area contributed by atoms with Gasteiger partial charge in [0.15, 0.2) is 5.78 Å². The van der Waals surface area contributed by atoms with Gasteiger partial charge in [-0.2, -0.15) is 0 Å². The van der Waals surface area contributed by atoms with E-state index >= 15 is 0 Å². The highest BCUT2D eigenvalue weighted by molar-refractivity contribution is 6.32. The first kappa shape index (κ1) is 9.34. The van der Waals surface area contributed by atoms with Crippen molar-refractivity contribution < 1.29 is 9.53 Å². The van der Waals surface area contributed by atoms with Crippen LogP contribution in [0.4, 0.5) is 5.69 Å². The second-order valence-electron chi connectivity index (χ2n) is 3.13. The lowest BCUT2D eigenvalue weighted by Gasteiger charge is -2.18. The van der Waals surface area contributed by atoms with Crippen LogP contribution in [-0.2, 0) is 0 Å². The van der Waals surface area contributed by atoms with Gasteiger partial charge < -0.3 is 10.1 Å². The monoisotopic (exact) mass is 211 g/mol. The Hall–Kier alpha value is -1.22. The second kappa shape index (κ2) is 3.50. The summed E-state index contributed by atoms with van der Waals surface area (Å²) in [7, 11) is 1.55. The molecule has 0 saturated heterocycles. The van der Waals surface area contributed by atoms with E-state index in [-0.39, 0.29) is 5.78 Å². The molecule has 0 fully saturated rings. The summed E-state index contributed by atoms with van der Waals surface area (Å²) in [6.45, 7) is 0.677. The van der Waals surface area contributed by atoms with E-state index in [1.54, 1.807) is 19.2 Å². The molecule has 0 radical (unpaired) electrons. The Morgan fingerprint density at radius 2 is 2.29 bits per heavy atom. The number of methoxy groups -OCH3 is 1. The minimum Gasteiger partial charge on any atom is -0.495 e. The van der Waals surface area contributed by atoms with Gasteiger partial charge in [-0.15, -0.1) is 0 Å². The van der Waals surface area contributed by atoms with Gasteiger partial charge in [0.1, 0.15) is 5.75 Å². The number of carbonyl (C=O) groups is 1. The number of carbonyl (C=O) groups excluding carboxylic acids is 1. The van der Waals surface area contributed by atoms with Crippen molar-refractivity contribution >= 4 is 23.1 Å². The molecule has 2 rings (SSSR count). The molecule has 0 spiro atoms. The third-order valence-electron chi connectivity index (χ3n) is 2.26. The minimum absolute atomic E-state index is 0.128. The number of hydrogen-bond donors (Lipinski definition) is 1. The van der Waals surface area contributed by atoms with Crippen LogP contribution >= 0.6 is 11.6 Å². The van der Waals surface area contributed by atoms with E-state index in [1.165, 1.54) is 0 Å². The predicted octanol–water partition coefficient (Wildman–Crippen LogP) is 2.35. The highest BCUT2D eigenvalue weighted by atomic mass is 35.5. The Labute approximate surface area is 87.0 Å². The summed E-state index contributed by atoms with van der Waals surface area (Å²) in [5.74, 6) is 0.718. The van der Waals surface area contributed by atoms with Gasteiger partial charge in [0.05, 0.1) is 12.1 Å². The van der Waals surface area contributed by atoms with Gasteiger partial charge in [0.25, 0.3) is 0 Å². The fraction of sp³-hybridized carbons (Fsp3) is 0.300. The third kappa shape index (κ3) is 1.44. The van der Waals surface area contributed by atoms with Crippen LogP contribution in [0.3, 0.4) is 0 Å². The lowest BCUT2D eigenvalue weighted by Crippen LogP contribution is -2.17. The van der Waals surface area contributed by atoms with E-state index in [2.05, 4.69) is 5.32 Å². The molecular formula is C10H10ClNO2. The van der Waals surface area contributed by atoms with Crippen LogP contribution in [0.15, 0.2) is 12.1 Å². The maximum absolute atomic E-state index is 11.5. The van der Waals surface area contributed by atoms with Crippen LogP contribution in [0.1, 0.15) is 16.8 Å². The van der Waals surface area contributed by atoms with Crippen molar-refractivity contribution in [1.82, 2.24) is 0 Å². The van der Waals surface area contributed by atoms with Gasteiger partial charge in [-0.25, -0.2) is 0 Å². The predicted molar refractivity (Wildman–Crippen MR) is 55.4 cm³/mol. The molecule has 1 aliphatic heterocycles. The molecule has 0 saturated carbocycles. The average molecular weight is 212 g/mol. The maximum atomic E-state index is 11.5. The van der Waals surface area contributed by atoms with Gasteiger partial charge in [0.2, 0.25) is 0 Å². The second-order valence-corrected chi connectivity index (χ2v) is 3.54. The van der Waals surface area contributed by atoms with Crippen LogP contribution < -0.4 is 10.1 Å². The van der Waals surface area contributed by atoms with E-state index < -0.39 is 0 Å². The number of benzene rings is 1. The highest BCUT2D eigenvalue weighted by Gasteiger charge is 2.18. The standard InChI is InChI=1S/C10H10ClNO2/c1-14-10-5-8-6(4-7(10)11)9(13)2-3-12-8/h4-5,12H,2-3H2,1H3. The van der Waals surface area contributed by atoms with Crippen molar-refractivity contribution in [3.63, 3.8) is 0 Å². The molecule has 74 valence electrons. The highest BCUT2D eigenvalue weighted by Crippen LogP contribution is 2.33.